The lowest BCUT2D eigenvalue weighted by Crippen LogP contribution is -2.34. The van der Waals surface area contributed by atoms with E-state index in [0.717, 1.165) is 28.5 Å². The molecule has 2 aromatic carbocycles. The maximum atomic E-state index is 13.8. The summed E-state index contributed by atoms with van der Waals surface area (Å²) in [5, 5.41) is 4.45. The molecule has 4 aromatic rings. The molecule has 0 bridgehead atoms. The molecule has 0 saturated heterocycles. The Bertz CT molecular complexity index is 1560. The molecule has 3 heterocycles. The van der Waals surface area contributed by atoms with Gasteiger partial charge in [0.15, 0.2) is 0 Å². The number of benzene rings is 2. The molecular formula is C29H25Cl2F3N4O. The lowest BCUT2D eigenvalue weighted by molar-refractivity contribution is -0.137. The molecule has 0 atom stereocenters. The summed E-state index contributed by atoms with van der Waals surface area (Å²) >= 11 is 11.9. The second kappa shape index (κ2) is 11.0. The predicted octanol–water partition coefficient (Wildman–Crippen LogP) is 7.50. The molecule has 5 rings (SSSR count). The summed E-state index contributed by atoms with van der Waals surface area (Å²) < 4.78 is 42.8. The van der Waals surface area contributed by atoms with Crippen molar-refractivity contribution in [3.8, 4) is 0 Å². The van der Waals surface area contributed by atoms with Crippen LogP contribution in [0.5, 0.6) is 0 Å². The molecule has 1 aliphatic heterocycles. The van der Waals surface area contributed by atoms with Crippen molar-refractivity contribution in [1.82, 2.24) is 19.8 Å². The zero-order valence-corrected chi connectivity index (χ0v) is 22.5. The number of aromatic nitrogens is 2. The van der Waals surface area contributed by atoms with E-state index in [1.807, 2.05) is 36.4 Å². The number of pyridine rings is 1. The molecule has 0 unspecified atom stereocenters. The maximum absolute atomic E-state index is 13.8. The van der Waals surface area contributed by atoms with E-state index in [1.165, 1.54) is 17.7 Å². The number of halogens is 5. The Morgan fingerprint density at radius 3 is 2.62 bits per heavy atom. The monoisotopic (exact) mass is 572 g/mol. The molecule has 0 spiro atoms. The van der Waals surface area contributed by atoms with Gasteiger partial charge in [-0.25, -0.2) is 9.78 Å². The fourth-order valence-electron chi connectivity index (χ4n) is 4.98. The van der Waals surface area contributed by atoms with Gasteiger partial charge in [-0.15, -0.1) is 0 Å². The minimum atomic E-state index is -4.53. The van der Waals surface area contributed by atoms with Crippen molar-refractivity contribution in [1.29, 1.82) is 0 Å². The van der Waals surface area contributed by atoms with Crippen molar-refractivity contribution in [3.63, 3.8) is 0 Å². The second-order valence-corrected chi connectivity index (χ2v) is 10.4. The van der Waals surface area contributed by atoms with Crippen LogP contribution >= 0.6 is 23.2 Å². The highest BCUT2D eigenvalue weighted by molar-refractivity contribution is 6.30. The van der Waals surface area contributed by atoms with Crippen LogP contribution in [-0.4, -0.2) is 33.6 Å². The minimum absolute atomic E-state index is 0.126. The number of alkyl halides is 3. The van der Waals surface area contributed by atoms with Crippen LogP contribution in [0.4, 0.5) is 18.0 Å². The Morgan fingerprint density at radius 1 is 1.13 bits per heavy atom. The lowest BCUT2D eigenvalue weighted by atomic mass is 10.0. The lowest BCUT2D eigenvalue weighted by Gasteiger charge is -2.27. The predicted molar refractivity (Wildman–Crippen MR) is 148 cm³/mol. The number of nitrogens with zero attached hydrogens (tertiary/aromatic N) is 3. The van der Waals surface area contributed by atoms with Crippen LogP contribution in [0.2, 0.25) is 10.2 Å². The van der Waals surface area contributed by atoms with Crippen molar-refractivity contribution < 1.29 is 18.0 Å². The number of rotatable bonds is 5. The van der Waals surface area contributed by atoms with Gasteiger partial charge in [0.25, 0.3) is 0 Å². The van der Waals surface area contributed by atoms with Gasteiger partial charge in [-0.1, -0.05) is 47.5 Å². The zero-order chi connectivity index (χ0) is 27.7. The van der Waals surface area contributed by atoms with Gasteiger partial charge in [-0.3, -0.25) is 9.47 Å². The minimum Gasteiger partial charge on any atom is -0.333 e. The van der Waals surface area contributed by atoms with E-state index in [-0.39, 0.29) is 17.6 Å². The normalized spacial score (nSPS) is 14.2. The summed E-state index contributed by atoms with van der Waals surface area (Å²) in [5.74, 6) is 0. The first-order valence-corrected chi connectivity index (χ1v) is 13.1. The molecule has 1 amide bonds. The quantitative estimate of drug-likeness (QED) is 0.252. The van der Waals surface area contributed by atoms with Crippen molar-refractivity contribution in [2.75, 3.05) is 13.1 Å². The molecule has 0 radical (unpaired) electrons. The molecule has 0 saturated carbocycles. The van der Waals surface area contributed by atoms with E-state index >= 15 is 0 Å². The van der Waals surface area contributed by atoms with Gasteiger partial charge in [0.05, 0.1) is 11.1 Å². The smallest absolute Gasteiger partial charge is 0.333 e. The number of carbonyl (C=O) groups excluding carboxylic acids is 1. The third-order valence-electron chi connectivity index (χ3n) is 6.86. The number of carbonyl (C=O) groups is 1. The van der Waals surface area contributed by atoms with E-state index in [9.17, 15) is 18.0 Å². The number of hydrogen-bond donors (Lipinski definition) is 1. The average Bonchev–Trinajstić information content (AvgIpc) is 3.20. The first-order valence-electron chi connectivity index (χ1n) is 12.4. The van der Waals surface area contributed by atoms with E-state index in [4.69, 9.17) is 23.2 Å². The fourth-order valence-corrected chi connectivity index (χ4v) is 5.30. The Kier molecular flexibility index (Phi) is 7.71. The Balaban J connectivity index is 1.46. The molecule has 202 valence electrons. The third kappa shape index (κ3) is 5.98. The van der Waals surface area contributed by atoms with E-state index in [0.29, 0.717) is 41.6 Å². The number of hydrogen-bond acceptors (Lipinski definition) is 3. The molecule has 39 heavy (non-hydrogen) atoms. The average molecular weight is 573 g/mol. The topological polar surface area (TPSA) is 50.2 Å². The van der Waals surface area contributed by atoms with Gasteiger partial charge >= 0.3 is 12.2 Å². The largest absolute Gasteiger partial charge is 0.416 e. The van der Waals surface area contributed by atoms with Gasteiger partial charge in [0.1, 0.15) is 5.15 Å². The highest BCUT2D eigenvalue weighted by atomic mass is 35.5. The van der Waals surface area contributed by atoms with Crippen LogP contribution in [0, 0.1) is 6.92 Å². The molecule has 0 fully saturated rings. The van der Waals surface area contributed by atoms with Crippen LogP contribution in [0.15, 0.2) is 60.8 Å². The van der Waals surface area contributed by atoms with Crippen molar-refractivity contribution in [2.45, 2.75) is 32.6 Å². The van der Waals surface area contributed by atoms with Crippen molar-refractivity contribution in [3.05, 3.63) is 104 Å². The van der Waals surface area contributed by atoms with Crippen molar-refractivity contribution >= 4 is 46.2 Å². The van der Waals surface area contributed by atoms with E-state index < -0.39 is 17.8 Å². The SMILES string of the molecule is Cc1cc2c3c(n(C(=O)NCc4ccnc(Cl)c4)c2cc1C(F)(F)F)CCN(CC=Cc1ccc(Cl)cc1)C3. The first kappa shape index (κ1) is 27.2. The Morgan fingerprint density at radius 2 is 1.90 bits per heavy atom. The van der Waals surface area contributed by atoms with Gasteiger partial charge in [-0.05, 0) is 65.6 Å². The van der Waals surface area contributed by atoms with Crippen LogP contribution in [0.1, 0.15) is 33.5 Å². The fraction of sp³-hybridized carbons (Fsp3) is 0.241. The maximum Gasteiger partial charge on any atom is 0.416 e. The van der Waals surface area contributed by atoms with Gasteiger partial charge in [-0.2, -0.15) is 13.2 Å². The van der Waals surface area contributed by atoms with Gasteiger partial charge in [0.2, 0.25) is 0 Å². The van der Waals surface area contributed by atoms with Crippen LogP contribution < -0.4 is 5.32 Å². The van der Waals surface area contributed by atoms with Crippen LogP contribution in [0.3, 0.4) is 0 Å². The summed E-state index contributed by atoms with van der Waals surface area (Å²) in [6.45, 7) is 3.45. The third-order valence-corrected chi connectivity index (χ3v) is 7.32. The van der Waals surface area contributed by atoms with Crippen molar-refractivity contribution in [2.24, 2.45) is 0 Å². The molecule has 1 aliphatic rings. The number of fused-ring (bicyclic) bond motifs is 3. The molecule has 5 nitrogen and oxygen atoms in total. The highest BCUT2D eigenvalue weighted by Crippen LogP contribution is 2.38. The van der Waals surface area contributed by atoms with E-state index in [2.05, 4.69) is 15.2 Å². The standard InChI is InChI=1S/C29H25Cl2F3N4O/c1-18-13-22-23-17-37(11-2-3-19-4-6-21(30)7-5-19)12-9-25(23)38(26(22)15-24(18)29(32,33)34)28(39)36-16-20-8-10-35-27(31)14-20/h2-8,10,13-15H,9,11-12,16-17H2,1H3,(H,36,39). The molecule has 0 aliphatic carbocycles. The summed E-state index contributed by atoms with van der Waals surface area (Å²) in [5.41, 5.74) is 2.99. The zero-order valence-electron chi connectivity index (χ0n) is 21.0. The molecule has 2 aromatic heterocycles. The molecular weight excluding hydrogens is 548 g/mol. The summed E-state index contributed by atoms with van der Waals surface area (Å²) in [7, 11) is 0. The summed E-state index contributed by atoms with van der Waals surface area (Å²) in [6.07, 6.45) is 1.58. The second-order valence-electron chi connectivity index (χ2n) is 9.53. The number of amides is 1. The van der Waals surface area contributed by atoms with Crippen LogP contribution in [-0.2, 0) is 25.7 Å². The number of nitrogens with one attached hydrogen (secondary N) is 1. The highest BCUT2D eigenvalue weighted by Gasteiger charge is 2.35. The van der Waals surface area contributed by atoms with Crippen LogP contribution in [0.25, 0.3) is 17.0 Å². The van der Waals surface area contributed by atoms with E-state index in [1.54, 1.807) is 18.2 Å². The number of aryl methyl sites for hydroxylation is 1. The molecule has 1 N–H and O–H groups in total. The Hall–Kier alpha value is -3.33. The molecule has 10 heteroatoms. The first-order chi connectivity index (χ1) is 18.6. The summed E-state index contributed by atoms with van der Waals surface area (Å²) in [4.78, 5) is 19.6. The summed E-state index contributed by atoms with van der Waals surface area (Å²) in [6, 6.07) is 13.0. The Labute approximate surface area is 233 Å². The van der Waals surface area contributed by atoms with Gasteiger partial charge < -0.3 is 5.32 Å². The van der Waals surface area contributed by atoms with Gasteiger partial charge in [0, 0.05) is 54.9 Å².